The van der Waals surface area contributed by atoms with Crippen molar-refractivity contribution in [3.05, 3.63) is 16.4 Å². The van der Waals surface area contributed by atoms with E-state index in [1.807, 2.05) is 14.1 Å². The van der Waals surface area contributed by atoms with Crippen LogP contribution in [0.1, 0.15) is 0 Å². The fourth-order valence-corrected chi connectivity index (χ4v) is 0.993. The summed E-state index contributed by atoms with van der Waals surface area (Å²) in [4.78, 5) is 9.59. The van der Waals surface area contributed by atoms with Crippen molar-refractivity contribution in [2.45, 2.75) is 0 Å². The predicted octanol–water partition coefficient (Wildman–Crippen LogP) is 1.85. The first-order valence-electron chi connectivity index (χ1n) is 2.97. The molecule has 60 valence electrons. The molecule has 0 aromatic carbocycles. The second-order valence-electron chi connectivity index (χ2n) is 2.21. The zero-order chi connectivity index (χ0) is 8.43. The van der Waals surface area contributed by atoms with Crippen LogP contribution in [0.2, 0.25) is 10.3 Å². The first-order chi connectivity index (χ1) is 5.09. The second-order valence-corrected chi connectivity index (χ2v) is 2.98. The van der Waals surface area contributed by atoms with Gasteiger partial charge in [-0.05, 0) is 0 Å². The third kappa shape index (κ3) is 2.20. The van der Waals surface area contributed by atoms with E-state index in [2.05, 4.69) is 9.97 Å². The van der Waals surface area contributed by atoms with E-state index in [0.717, 1.165) is 0 Å². The van der Waals surface area contributed by atoms with E-state index in [1.54, 1.807) is 4.90 Å². The number of aromatic nitrogens is 2. The third-order valence-electron chi connectivity index (χ3n) is 1.05. The van der Waals surface area contributed by atoms with Crippen LogP contribution in [0.5, 0.6) is 0 Å². The molecule has 3 nitrogen and oxygen atoms in total. The standard InChI is InChI=1S/C6H7Cl2N3/c1-11(2)6-9-4(7)3-5(8)10-6/h3H,1-2H3. The van der Waals surface area contributed by atoms with Crippen LogP contribution in [0.15, 0.2) is 6.07 Å². The molecule has 0 aliphatic rings. The highest BCUT2D eigenvalue weighted by atomic mass is 35.5. The van der Waals surface area contributed by atoms with Crippen LogP contribution in [0, 0.1) is 0 Å². The van der Waals surface area contributed by atoms with Crippen LogP contribution in [-0.4, -0.2) is 24.1 Å². The second kappa shape index (κ2) is 3.24. The molecule has 0 unspecified atom stereocenters. The molecular weight excluding hydrogens is 185 g/mol. The summed E-state index contributed by atoms with van der Waals surface area (Å²) in [5.74, 6) is 0.516. The molecule has 0 fully saturated rings. The largest absolute Gasteiger partial charge is 0.347 e. The van der Waals surface area contributed by atoms with E-state index in [0.29, 0.717) is 16.3 Å². The number of anilines is 1. The molecule has 0 bridgehead atoms. The van der Waals surface area contributed by atoms with Crippen molar-refractivity contribution in [1.82, 2.24) is 9.97 Å². The summed E-state index contributed by atoms with van der Waals surface area (Å²) in [6, 6.07) is 1.50. The van der Waals surface area contributed by atoms with Crippen molar-refractivity contribution in [2.75, 3.05) is 19.0 Å². The highest BCUT2D eigenvalue weighted by molar-refractivity contribution is 6.33. The van der Waals surface area contributed by atoms with Crippen LogP contribution >= 0.6 is 23.2 Å². The lowest BCUT2D eigenvalue weighted by molar-refractivity contribution is 0.999. The molecule has 0 radical (unpaired) electrons. The number of halogens is 2. The molecule has 0 aliphatic heterocycles. The quantitative estimate of drug-likeness (QED) is 0.635. The highest BCUT2D eigenvalue weighted by Crippen LogP contribution is 2.15. The molecule has 0 aliphatic carbocycles. The Morgan fingerprint density at radius 1 is 1.18 bits per heavy atom. The number of hydrogen-bond donors (Lipinski definition) is 0. The molecule has 1 rings (SSSR count). The molecule has 0 saturated heterocycles. The van der Waals surface area contributed by atoms with Crippen LogP contribution in [0.25, 0.3) is 0 Å². The Hall–Kier alpha value is -0.540. The minimum atomic E-state index is 0.355. The van der Waals surface area contributed by atoms with Crippen LogP contribution in [0.4, 0.5) is 5.95 Å². The van der Waals surface area contributed by atoms with Crippen molar-refractivity contribution in [1.29, 1.82) is 0 Å². The molecule has 1 aromatic rings. The number of rotatable bonds is 1. The fourth-order valence-electron chi connectivity index (χ4n) is 0.579. The summed E-state index contributed by atoms with van der Waals surface area (Å²) in [6.07, 6.45) is 0. The smallest absolute Gasteiger partial charge is 0.227 e. The number of hydrogen-bond acceptors (Lipinski definition) is 3. The maximum atomic E-state index is 5.63. The van der Waals surface area contributed by atoms with Crippen molar-refractivity contribution in [3.8, 4) is 0 Å². The molecule has 0 amide bonds. The molecule has 1 heterocycles. The Bertz CT molecular complexity index is 242. The first kappa shape index (κ1) is 8.56. The van der Waals surface area contributed by atoms with Crippen molar-refractivity contribution < 1.29 is 0 Å². The van der Waals surface area contributed by atoms with Gasteiger partial charge in [-0.3, -0.25) is 0 Å². The Labute approximate surface area is 75.0 Å². The molecule has 1 aromatic heterocycles. The van der Waals surface area contributed by atoms with Crippen molar-refractivity contribution >= 4 is 29.2 Å². The van der Waals surface area contributed by atoms with Gasteiger partial charge in [-0.25, -0.2) is 9.97 Å². The number of nitrogens with zero attached hydrogens (tertiary/aromatic N) is 3. The summed E-state index contributed by atoms with van der Waals surface area (Å²) in [6.45, 7) is 0. The lowest BCUT2D eigenvalue weighted by Crippen LogP contribution is -2.12. The minimum Gasteiger partial charge on any atom is -0.347 e. The SMILES string of the molecule is CN(C)c1nc(Cl)cc(Cl)n1. The predicted molar refractivity (Wildman–Crippen MR) is 46.4 cm³/mol. The summed E-state index contributed by atoms with van der Waals surface area (Å²) in [5.41, 5.74) is 0. The normalized spacial score (nSPS) is 9.82. The first-order valence-corrected chi connectivity index (χ1v) is 3.72. The van der Waals surface area contributed by atoms with E-state index in [1.165, 1.54) is 6.07 Å². The van der Waals surface area contributed by atoms with Gasteiger partial charge < -0.3 is 4.90 Å². The van der Waals surface area contributed by atoms with E-state index >= 15 is 0 Å². The van der Waals surface area contributed by atoms with Gasteiger partial charge in [0.05, 0.1) is 0 Å². The van der Waals surface area contributed by atoms with Crippen LogP contribution < -0.4 is 4.90 Å². The zero-order valence-electron chi connectivity index (χ0n) is 6.17. The highest BCUT2D eigenvalue weighted by Gasteiger charge is 2.01. The Morgan fingerprint density at radius 2 is 1.64 bits per heavy atom. The monoisotopic (exact) mass is 191 g/mol. The van der Waals surface area contributed by atoms with Gasteiger partial charge in [0, 0.05) is 20.2 Å². The summed E-state index contributed by atoms with van der Waals surface area (Å²) < 4.78 is 0. The molecule has 0 spiro atoms. The third-order valence-corrected chi connectivity index (χ3v) is 1.44. The zero-order valence-corrected chi connectivity index (χ0v) is 7.69. The Kier molecular flexibility index (Phi) is 2.52. The topological polar surface area (TPSA) is 29.0 Å². The van der Waals surface area contributed by atoms with Crippen LogP contribution in [-0.2, 0) is 0 Å². The fraction of sp³-hybridized carbons (Fsp3) is 0.333. The lowest BCUT2D eigenvalue weighted by Gasteiger charge is -2.09. The minimum absolute atomic E-state index is 0.355. The molecule has 0 N–H and O–H groups in total. The lowest BCUT2D eigenvalue weighted by atomic mass is 10.6. The van der Waals surface area contributed by atoms with E-state index in [9.17, 15) is 0 Å². The Morgan fingerprint density at radius 3 is 2.00 bits per heavy atom. The maximum Gasteiger partial charge on any atom is 0.227 e. The summed E-state index contributed by atoms with van der Waals surface area (Å²) >= 11 is 11.3. The van der Waals surface area contributed by atoms with Gasteiger partial charge in [-0.1, -0.05) is 23.2 Å². The van der Waals surface area contributed by atoms with Gasteiger partial charge in [-0.2, -0.15) is 0 Å². The van der Waals surface area contributed by atoms with Gasteiger partial charge in [0.2, 0.25) is 5.95 Å². The summed E-state index contributed by atoms with van der Waals surface area (Å²) in [7, 11) is 3.64. The average Bonchev–Trinajstić information content (AvgIpc) is 1.85. The van der Waals surface area contributed by atoms with Crippen molar-refractivity contribution in [2.24, 2.45) is 0 Å². The van der Waals surface area contributed by atoms with E-state index in [4.69, 9.17) is 23.2 Å². The molecule has 11 heavy (non-hydrogen) atoms. The van der Waals surface area contributed by atoms with Crippen molar-refractivity contribution in [3.63, 3.8) is 0 Å². The maximum absolute atomic E-state index is 5.63. The Balaban J connectivity index is 3.08. The van der Waals surface area contributed by atoms with E-state index in [-0.39, 0.29) is 0 Å². The van der Waals surface area contributed by atoms with E-state index < -0.39 is 0 Å². The van der Waals surface area contributed by atoms with Gasteiger partial charge in [0.1, 0.15) is 10.3 Å². The van der Waals surface area contributed by atoms with Gasteiger partial charge >= 0.3 is 0 Å². The summed E-state index contributed by atoms with van der Waals surface area (Å²) in [5, 5.41) is 0.711. The van der Waals surface area contributed by atoms with Gasteiger partial charge in [0.25, 0.3) is 0 Å². The molecule has 5 heteroatoms. The molecular formula is C6H7Cl2N3. The average molecular weight is 192 g/mol. The molecule has 0 atom stereocenters. The van der Waals surface area contributed by atoms with Gasteiger partial charge in [-0.15, -0.1) is 0 Å². The van der Waals surface area contributed by atoms with Gasteiger partial charge in [0.15, 0.2) is 0 Å². The van der Waals surface area contributed by atoms with Crippen LogP contribution in [0.3, 0.4) is 0 Å². The molecule has 0 saturated carbocycles.